The highest BCUT2D eigenvalue weighted by atomic mass is 32.1. The molecule has 0 fully saturated rings. The summed E-state index contributed by atoms with van der Waals surface area (Å²) in [5.41, 5.74) is 2.22. The molecule has 1 heterocycles. The van der Waals surface area contributed by atoms with E-state index >= 15 is 0 Å². The smallest absolute Gasteiger partial charge is 0.191 e. The van der Waals surface area contributed by atoms with Crippen LogP contribution in [0.15, 0.2) is 23.2 Å². The average molecular weight is 391 g/mol. The maximum absolute atomic E-state index is 5.45. The third-order valence-electron chi connectivity index (χ3n) is 4.15. The second kappa shape index (κ2) is 10.8. The van der Waals surface area contributed by atoms with Crippen molar-refractivity contribution in [3.63, 3.8) is 0 Å². The molecule has 0 saturated carbocycles. The first-order valence-corrected chi connectivity index (χ1v) is 10.1. The van der Waals surface area contributed by atoms with E-state index in [0.717, 1.165) is 49.0 Å². The van der Waals surface area contributed by atoms with E-state index in [9.17, 15) is 0 Å². The molecule has 0 saturated heterocycles. The van der Waals surface area contributed by atoms with Gasteiger partial charge in [-0.2, -0.15) is 0 Å². The molecular weight excluding hydrogens is 360 g/mol. The molecule has 0 aliphatic heterocycles. The summed E-state index contributed by atoms with van der Waals surface area (Å²) in [5, 5.41) is 7.84. The molecule has 2 rings (SSSR count). The third kappa shape index (κ3) is 6.13. The van der Waals surface area contributed by atoms with Crippen LogP contribution < -0.4 is 20.1 Å². The molecule has 1 aromatic carbocycles. The van der Waals surface area contributed by atoms with Crippen molar-refractivity contribution in [2.75, 3.05) is 27.3 Å². The predicted octanol–water partition coefficient (Wildman–Crippen LogP) is 3.33. The summed E-state index contributed by atoms with van der Waals surface area (Å²) in [5.74, 6) is 2.34. The van der Waals surface area contributed by atoms with E-state index in [0.29, 0.717) is 6.54 Å². The number of methoxy groups -OCH3 is 2. The summed E-state index contributed by atoms with van der Waals surface area (Å²) in [6.07, 6.45) is 1.88. The Morgan fingerprint density at radius 2 is 2.00 bits per heavy atom. The van der Waals surface area contributed by atoms with Gasteiger partial charge in [-0.05, 0) is 32.4 Å². The Morgan fingerprint density at radius 1 is 1.19 bits per heavy atom. The van der Waals surface area contributed by atoms with Crippen LogP contribution in [0.5, 0.6) is 11.5 Å². The fourth-order valence-electron chi connectivity index (χ4n) is 2.70. The number of aromatic nitrogens is 1. The zero-order valence-electron chi connectivity index (χ0n) is 16.9. The average Bonchev–Trinajstić information content (AvgIpc) is 3.05. The van der Waals surface area contributed by atoms with Gasteiger partial charge in [0, 0.05) is 36.0 Å². The monoisotopic (exact) mass is 390 g/mol. The maximum Gasteiger partial charge on any atom is 0.191 e. The van der Waals surface area contributed by atoms with Crippen LogP contribution in [0.1, 0.15) is 35.0 Å². The van der Waals surface area contributed by atoms with E-state index in [4.69, 9.17) is 14.5 Å². The van der Waals surface area contributed by atoms with Gasteiger partial charge in [0.15, 0.2) is 5.96 Å². The molecule has 2 aromatic rings. The zero-order chi connectivity index (χ0) is 19.6. The van der Waals surface area contributed by atoms with Crippen molar-refractivity contribution in [1.29, 1.82) is 0 Å². The number of ether oxygens (including phenoxy) is 2. The molecule has 0 aliphatic carbocycles. The standard InChI is InChI=1S/C20H30N4O2S/c1-6-17-14(3)27-19(24-17)10-11-22-20(21-7-2)23-13-15-8-9-16(25-4)12-18(15)26-5/h8-9,12H,6-7,10-11,13H2,1-5H3,(H2,21,22,23). The van der Waals surface area contributed by atoms with E-state index in [-0.39, 0.29) is 0 Å². The number of nitrogens with zero attached hydrogens (tertiary/aromatic N) is 2. The highest BCUT2D eigenvalue weighted by Crippen LogP contribution is 2.25. The number of aryl methyl sites for hydroxylation is 2. The van der Waals surface area contributed by atoms with Gasteiger partial charge >= 0.3 is 0 Å². The Hall–Kier alpha value is -2.28. The maximum atomic E-state index is 5.45. The summed E-state index contributed by atoms with van der Waals surface area (Å²) in [4.78, 5) is 10.7. The van der Waals surface area contributed by atoms with Crippen LogP contribution in [-0.2, 0) is 19.4 Å². The molecule has 0 unspecified atom stereocenters. The summed E-state index contributed by atoms with van der Waals surface area (Å²) in [6, 6.07) is 5.78. The summed E-state index contributed by atoms with van der Waals surface area (Å²) in [7, 11) is 3.30. The second-order valence-corrected chi connectivity index (χ2v) is 7.30. The highest BCUT2D eigenvalue weighted by Gasteiger charge is 2.07. The molecule has 7 heteroatoms. The molecule has 0 amide bonds. The van der Waals surface area contributed by atoms with Crippen molar-refractivity contribution >= 4 is 17.3 Å². The molecular formula is C20H30N4O2S. The first kappa shape index (κ1) is 21.0. The van der Waals surface area contributed by atoms with Crippen molar-refractivity contribution in [3.8, 4) is 11.5 Å². The lowest BCUT2D eigenvalue weighted by atomic mass is 10.2. The first-order chi connectivity index (χ1) is 13.1. The van der Waals surface area contributed by atoms with E-state index in [2.05, 4.69) is 36.4 Å². The number of guanidine groups is 1. The van der Waals surface area contributed by atoms with Crippen LogP contribution >= 0.6 is 11.3 Å². The van der Waals surface area contributed by atoms with Gasteiger partial charge in [0.05, 0.1) is 31.5 Å². The van der Waals surface area contributed by atoms with Crippen LogP contribution in [0.3, 0.4) is 0 Å². The minimum absolute atomic E-state index is 0.527. The minimum atomic E-state index is 0.527. The van der Waals surface area contributed by atoms with Gasteiger partial charge in [0.1, 0.15) is 11.5 Å². The number of hydrogen-bond donors (Lipinski definition) is 2. The molecule has 148 valence electrons. The van der Waals surface area contributed by atoms with E-state index in [1.807, 2.05) is 18.2 Å². The van der Waals surface area contributed by atoms with Gasteiger partial charge in [-0.25, -0.2) is 9.98 Å². The molecule has 27 heavy (non-hydrogen) atoms. The lowest BCUT2D eigenvalue weighted by Crippen LogP contribution is -2.38. The van der Waals surface area contributed by atoms with Crippen molar-refractivity contribution in [2.45, 2.75) is 40.2 Å². The van der Waals surface area contributed by atoms with Crippen molar-refractivity contribution in [1.82, 2.24) is 15.6 Å². The number of nitrogens with one attached hydrogen (secondary N) is 2. The Labute approximate surface area is 166 Å². The first-order valence-electron chi connectivity index (χ1n) is 9.29. The molecule has 0 atom stereocenters. The number of rotatable bonds is 9. The predicted molar refractivity (Wildman–Crippen MR) is 112 cm³/mol. The number of thiazole rings is 1. The third-order valence-corrected chi connectivity index (χ3v) is 5.22. The van der Waals surface area contributed by atoms with Crippen molar-refractivity contribution in [2.24, 2.45) is 4.99 Å². The van der Waals surface area contributed by atoms with Crippen LogP contribution in [0, 0.1) is 6.92 Å². The summed E-state index contributed by atoms with van der Waals surface area (Å²) < 4.78 is 10.7. The normalized spacial score (nSPS) is 11.4. The number of benzene rings is 1. The van der Waals surface area contributed by atoms with Gasteiger partial charge < -0.3 is 20.1 Å². The summed E-state index contributed by atoms with van der Waals surface area (Å²) >= 11 is 1.78. The topological polar surface area (TPSA) is 67.8 Å². The Bertz CT molecular complexity index is 758. The van der Waals surface area contributed by atoms with Crippen molar-refractivity contribution < 1.29 is 9.47 Å². The Balaban J connectivity index is 1.97. The largest absolute Gasteiger partial charge is 0.497 e. The molecule has 6 nitrogen and oxygen atoms in total. The van der Waals surface area contributed by atoms with Gasteiger partial charge in [0.2, 0.25) is 0 Å². The second-order valence-electron chi connectivity index (χ2n) is 6.01. The van der Waals surface area contributed by atoms with E-state index < -0.39 is 0 Å². The van der Waals surface area contributed by atoms with Gasteiger partial charge in [-0.15, -0.1) is 11.3 Å². The SMILES string of the molecule is CCNC(=NCc1ccc(OC)cc1OC)NCCc1nc(CC)c(C)s1. The lowest BCUT2D eigenvalue weighted by molar-refractivity contribution is 0.391. The molecule has 1 aromatic heterocycles. The van der Waals surface area contributed by atoms with Crippen molar-refractivity contribution in [3.05, 3.63) is 39.3 Å². The molecule has 2 N–H and O–H groups in total. The van der Waals surface area contributed by atoms with Gasteiger partial charge in [-0.1, -0.05) is 6.92 Å². The fraction of sp³-hybridized carbons (Fsp3) is 0.500. The lowest BCUT2D eigenvalue weighted by Gasteiger charge is -2.12. The van der Waals surface area contributed by atoms with Crippen LogP contribution in [0.4, 0.5) is 0 Å². The molecule has 0 radical (unpaired) electrons. The number of aliphatic imine (C=N–C) groups is 1. The number of hydrogen-bond acceptors (Lipinski definition) is 5. The minimum Gasteiger partial charge on any atom is -0.497 e. The Kier molecular flexibility index (Phi) is 8.39. The quantitative estimate of drug-likeness (QED) is 0.508. The fourth-order valence-corrected chi connectivity index (χ4v) is 3.72. The van der Waals surface area contributed by atoms with Crippen LogP contribution in [-0.4, -0.2) is 38.3 Å². The van der Waals surface area contributed by atoms with Crippen LogP contribution in [0.25, 0.3) is 0 Å². The van der Waals surface area contributed by atoms with Gasteiger partial charge in [0.25, 0.3) is 0 Å². The van der Waals surface area contributed by atoms with Crippen LogP contribution in [0.2, 0.25) is 0 Å². The molecule has 0 spiro atoms. The highest BCUT2D eigenvalue weighted by molar-refractivity contribution is 7.11. The molecule has 0 aliphatic rings. The van der Waals surface area contributed by atoms with Gasteiger partial charge in [-0.3, -0.25) is 0 Å². The van der Waals surface area contributed by atoms with E-state index in [1.54, 1.807) is 25.6 Å². The summed E-state index contributed by atoms with van der Waals surface area (Å²) in [6.45, 7) is 8.47. The van der Waals surface area contributed by atoms with E-state index in [1.165, 1.54) is 15.6 Å². The molecule has 0 bridgehead atoms. The zero-order valence-corrected chi connectivity index (χ0v) is 17.7. The Morgan fingerprint density at radius 3 is 2.63 bits per heavy atom.